The van der Waals surface area contributed by atoms with E-state index in [1.54, 1.807) is 0 Å². The van der Waals surface area contributed by atoms with Crippen LogP contribution < -0.4 is 10.6 Å². The van der Waals surface area contributed by atoms with Gasteiger partial charge in [0.1, 0.15) is 5.60 Å². The molecule has 0 aromatic carbocycles. The van der Waals surface area contributed by atoms with Gasteiger partial charge < -0.3 is 20.3 Å². The van der Waals surface area contributed by atoms with Gasteiger partial charge in [0, 0.05) is 25.6 Å². The molecule has 140 valence electrons. The van der Waals surface area contributed by atoms with E-state index in [9.17, 15) is 9.59 Å². The molecule has 6 heteroatoms. The maximum absolute atomic E-state index is 12.2. The highest BCUT2D eigenvalue weighted by Crippen LogP contribution is 2.11. The molecule has 0 radical (unpaired) electrons. The van der Waals surface area contributed by atoms with E-state index in [1.165, 1.54) is 12.8 Å². The van der Waals surface area contributed by atoms with Crippen molar-refractivity contribution in [1.29, 1.82) is 0 Å². The van der Waals surface area contributed by atoms with Crippen LogP contribution in [0, 0.1) is 5.92 Å². The van der Waals surface area contributed by atoms with Crippen molar-refractivity contribution in [2.75, 3.05) is 26.2 Å². The molecule has 0 aromatic rings. The third-order valence-corrected chi connectivity index (χ3v) is 3.86. The Bertz CT molecular complexity index is 399. The van der Waals surface area contributed by atoms with E-state index in [1.807, 2.05) is 20.8 Å². The van der Waals surface area contributed by atoms with Crippen LogP contribution in [0.4, 0.5) is 4.79 Å². The van der Waals surface area contributed by atoms with Gasteiger partial charge in [0.05, 0.1) is 0 Å². The second-order valence-electron chi connectivity index (χ2n) is 8.08. The minimum Gasteiger partial charge on any atom is -0.444 e. The van der Waals surface area contributed by atoms with Crippen LogP contribution in [0.1, 0.15) is 60.3 Å². The fraction of sp³-hybridized carbons (Fsp3) is 0.889. The Hall–Kier alpha value is -1.30. The summed E-state index contributed by atoms with van der Waals surface area (Å²) in [5.74, 6) is 0.373. The first kappa shape index (κ1) is 20.7. The van der Waals surface area contributed by atoms with Crippen LogP contribution in [-0.2, 0) is 9.53 Å². The number of alkyl carbamates (subject to hydrolysis) is 1. The lowest BCUT2D eigenvalue weighted by molar-refractivity contribution is -0.121. The number of hydrogen-bond donors (Lipinski definition) is 2. The molecule has 0 unspecified atom stereocenters. The topological polar surface area (TPSA) is 70.7 Å². The third-order valence-electron chi connectivity index (χ3n) is 3.86. The van der Waals surface area contributed by atoms with E-state index in [2.05, 4.69) is 29.4 Å². The van der Waals surface area contributed by atoms with Crippen molar-refractivity contribution in [2.24, 2.45) is 5.92 Å². The number of carbonyl (C=O) groups is 2. The molecule has 1 heterocycles. The molecular formula is C18H35N3O3. The number of ether oxygens (including phenoxy) is 1. The lowest BCUT2D eigenvalue weighted by atomic mass is 10.0. The molecule has 0 aromatic heterocycles. The van der Waals surface area contributed by atoms with Gasteiger partial charge in [-0.05, 0) is 59.0 Å². The van der Waals surface area contributed by atoms with Crippen LogP contribution in [0.3, 0.4) is 0 Å². The number of nitrogens with zero attached hydrogens (tertiary/aromatic N) is 1. The molecule has 1 fully saturated rings. The van der Waals surface area contributed by atoms with Crippen LogP contribution in [0.15, 0.2) is 0 Å². The summed E-state index contributed by atoms with van der Waals surface area (Å²) < 4.78 is 5.29. The molecule has 1 atom stereocenters. The highest BCUT2D eigenvalue weighted by molar-refractivity contribution is 5.77. The molecule has 1 aliphatic rings. The lowest BCUT2D eigenvalue weighted by Gasteiger charge is -2.24. The Balaban J connectivity index is 2.37. The molecule has 0 aliphatic carbocycles. The highest BCUT2D eigenvalue weighted by Gasteiger charge is 2.22. The Morgan fingerprint density at radius 1 is 1.17 bits per heavy atom. The zero-order chi connectivity index (χ0) is 18.2. The maximum Gasteiger partial charge on any atom is 0.407 e. The van der Waals surface area contributed by atoms with Crippen molar-refractivity contribution in [2.45, 2.75) is 71.9 Å². The predicted octanol–water partition coefficient (Wildman–Crippen LogP) is 2.53. The molecule has 24 heavy (non-hydrogen) atoms. The van der Waals surface area contributed by atoms with Crippen molar-refractivity contribution in [3.8, 4) is 0 Å². The molecule has 2 amide bonds. The first-order valence-electron chi connectivity index (χ1n) is 9.14. The van der Waals surface area contributed by atoms with Gasteiger partial charge in [-0.15, -0.1) is 0 Å². The van der Waals surface area contributed by atoms with Crippen LogP contribution in [0.2, 0.25) is 0 Å². The normalized spacial score (nSPS) is 16.9. The van der Waals surface area contributed by atoms with Crippen LogP contribution in [-0.4, -0.2) is 54.7 Å². The average molecular weight is 341 g/mol. The summed E-state index contributed by atoms with van der Waals surface area (Å²) in [6.45, 7) is 13.5. The Kier molecular flexibility index (Phi) is 8.53. The molecule has 0 bridgehead atoms. The smallest absolute Gasteiger partial charge is 0.407 e. The predicted molar refractivity (Wildman–Crippen MR) is 95.9 cm³/mol. The number of hydrogen-bond acceptors (Lipinski definition) is 4. The Morgan fingerprint density at radius 2 is 1.79 bits per heavy atom. The maximum atomic E-state index is 12.2. The number of likely N-dealkylation sites (tertiary alicyclic amines) is 1. The molecular weight excluding hydrogens is 306 g/mol. The number of amides is 2. The van der Waals surface area contributed by atoms with E-state index < -0.39 is 11.7 Å². The van der Waals surface area contributed by atoms with Gasteiger partial charge in [-0.3, -0.25) is 4.79 Å². The zero-order valence-corrected chi connectivity index (χ0v) is 16.0. The molecule has 1 saturated heterocycles. The summed E-state index contributed by atoms with van der Waals surface area (Å²) >= 11 is 0. The van der Waals surface area contributed by atoms with Crippen LogP contribution in [0.5, 0.6) is 0 Å². The quantitative estimate of drug-likeness (QED) is 0.712. The van der Waals surface area contributed by atoms with Crippen LogP contribution >= 0.6 is 0 Å². The van der Waals surface area contributed by atoms with Crippen molar-refractivity contribution >= 4 is 12.0 Å². The minimum absolute atomic E-state index is 0.0177. The molecule has 6 nitrogen and oxygen atoms in total. The van der Waals surface area contributed by atoms with E-state index in [0.29, 0.717) is 12.5 Å². The summed E-state index contributed by atoms with van der Waals surface area (Å²) in [7, 11) is 0. The molecule has 1 aliphatic heterocycles. The SMILES string of the molecule is CC(C)C[C@H](CC(=O)NCCN1CCCC1)NC(=O)OC(C)(C)C. The van der Waals surface area contributed by atoms with E-state index >= 15 is 0 Å². The summed E-state index contributed by atoms with van der Waals surface area (Å²) in [4.78, 5) is 26.5. The van der Waals surface area contributed by atoms with Gasteiger partial charge in [0.2, 0.25) is 5.91 Å². The highest BCUT2D eigenvalue weighted by atomic mass is 16.6. The van der Waals surface area contributed by atoms with Gasteiger partial charge in [0.25, 0.3) is 0 Å². The van der Waals surface area contributed by atoms with Crippen molar-refractivity contribution in [3.05, 3.63) is 0 Å². The van der Waals surface area contributed by atoms with Crippen molar-refractivity contribution in [1.82, 2.24) is 15.5 Å². The largest absolute Gasteiger partial charge is 0.444 e. The van der Waals surface area contributed by atoms with Gasteiger partial charge in [-0.2, -0.15) is 0 Å². The summed E-state index contributed by atoms with van der Waals surface area (Å²) in [5, 5.41) is 5.80. The fourth-order valence-corrected chi connectivity index (χ4v) is 2.89. The number of rotatable bonds is 8. The Morgan fingerprint density at radius 3 is 2.33 bits per heavy atom. The van der Waals surface area contributed by atoms with E-state index in [-0.39, 0.29) is 18.4 Å². The minimum atomic E-state index is -0.537. The Labute approximate surface area is 146 Å². The number of carbonyl (C=O) groups excluding carboxylic acids is 2. The van der Waals surface area contributed by atoms with Gasteiger partial charge in [-0.1, -0.05) is 13.8 Å². The first-order valence-corrected chi connectivity index (χ1v) is 9.14. The van der Waals surface area contributed by atoms with Crippen LogP contribution in [0.25, 0.3) is 0 Å². The second kappa shape index (κ2) is 9.87. The standard InChI is InChI=1S/C18H35N3O3/c1-14(2)12-15(20-17(23)24-18(3,4)5)13-16(22)19-8-11-21-9-6-7-10-21/h14-15H,6-13H2,1-5H3,(H,19,22)(H,20,23)/t15-/m1/s1. The third kappa shape index (κ3) is 9.75. The van der Waals surface area contributed by atoms with Crippen molar-refractivity contribution < 1.29 is 14.3 Å². The van der Waals surface area contributed by atoms with Crippen molar-refractivity contribution in [3.63, 3.8) is 0 Å². The summed E-state index contributed by atoms with van der Waals surface area (Å²) in [5.41, 5.74) is -0.537. The average Bonchev–Trinajstić information content (AvgIpc) is 2.88. The van der Waals surface area contributed by atoms with Gasteiger partial charge in [0.15, 0.2) is 0 Å². The number of nitrogens with one attached hydrogen (secondary N) is 2. The lowest BCUT2D eigenvalue weighted by Crippen LogP contribution is -2.43. The zero-order valence-electron chi connectivity index (χ0n) is 16.0. The van der Waals surface area contributed by atoms with E-state index in [0.717, 1.165) is 26.1 Å². The summed E-state index contributed by atoms with van der Waals surface area (Å²) in [6, 6.07) is -0.202. The first-order chi connectivity index (χ1) is 11.2. The molecule has 1 rings (SSSR count). The molecule has 2 N–H and O–H groups in total. The summed E-state index contributed by atoms with van der Waals surface area (Å²) in [6.07, 6.45) is 3.09. The second-order valence-corrected chi connectivity index (χ2v) is 8.08. The fourth-order valence-electron chi connectivity index (χ4n) is 2.89. The van der Waals surface area contributed by atoms with E-state index in [4.69, 9.17) is 4.74 Å². The molecule has 0 spiro atoms. The molecule has 0 saturated carbocycles. The van der Waals surface area contributed by atoms with Gasteiger partial charge >= 0.3 is 6.09 Å². The monoisotopic (exact) mass is 341 g/mol. The van der Waals surface area contributed by atoms with Gasteiger partial charge in [-0.25, -0.2) is 4.79 Å².